The number of tetrazole rings is 1. The van der Waals surface area contributed by atoms with Crippen molar-refractivity contribution in [3.05, 3.63) is 40.7 Å². The highest BCUT2D eigenvalue weighted by Crippen LogP contribution is 2.33. The van der Waals surface area contributed by atoms with Crippen LogP contribution in [0.25, 0.3) is 0 Å². The van der Waals surface area contributed by atoms with E-state index < -0.39 is 11.6 Å². The van der Waals surface area contributed by atoms with Gasteiger partial charge < -0.3 is 5.32 Å². The predicted molar refractivity (Wildman–Crippen MR) is 93.0 cm³/mol. The minimum atomic E-state index is -1.06. The van der Waals surface area contributed by atoms with Crippen LogP contribution < -0.4 is 5.32 Å². The molecule has 2 aromatic rings. The molecule has 1 unspecified atom stereocenters. The van der Waals surface area contributed by atoms with Gasteiger partial charge in [-0.1, -0.05) is 25.1 Å². The number of imide groups is 1. The minimum absolute atomic E-state index is 0.0677. The lowest BCUT2D eigenvalue weighted by Crippen LogP contribution is -2.41. The van der Waals surface area contributed by atoms with Gasteiger partial charge in [-0.15, -0.1) is 5.10 Å². The Balaban J connectivity index is 1.61. The first-order chi connectivity index (χ1) is 12.5. The number of carbonyl (C=O) groups excluding carboxylic acids is 2. The fourth-order valence-corrected chi connectivity index (χ4v) is 3.78. The fraction of sp³-hybridized carbons (Fsp3) is 0.500. The molecule has 1 aliphatic heterocycles. The summed E-state index contributed by atoms with van der Waals surface area (Å²) in [4.78, 5) is 26.8. The summed E-state index contributed by atoms with van der Waals surface area (Å²) >= 11 is 0. The summed E-state index contributed by atoms with van der Waals surface area (Å²) in [6.07, 6.45) is 4.11. The molecule has 1 aromatic heterocycles. The van der Waals surface area contributed by atoms with Crippen LogP contribution in [-0.2, 0) is 36.3 Å². The Morgan fingerprint density at radius 2 is 2.04 bits per heavy atom. The molecule has 1 aliphatic carbocycles. The summed E-state index contributed by atoms with van der Waals surface area (Å²) in [6, 6.07) is 5.68. The molecule has 26 heavy (non-hydrogen) atoms. The highest BCUT2D eigenvalue weighted by Gasteiger charge is 2.49. The van der Waals surface area contributed by atoms with Crippen molar-refractivity contribution >= 4 is 11.9 Å². The Hall–Kier alpha value is -2.77. The van der Waals surface area contributed by atoms with E-state index in [1.54, 1.807) is 11.6 Å². The smallest absolute Gasteiger partial charge is 0.319 e. The molecule has 1 fully saturated rings. The molecule has 1 atom stereocenters. The topological polar surface area (TPSA) is 93.0 Å². The Morgan fingerprint density at radius 1 is 1.23 bits per heavy atom. The van der Waals surface area contributed by atoms with Gasteiger partial charge in [0, 0.05) is 6.54 Å². The van der Waals surface area contributed by atoms with Gasteiger partial charge in [-0.05, 0) is 59.7 Å². The number of nitrogens with zero attached hydrogens (tertiary/aromatic N) is 5. The van der Waals surface area contributed by atoms with Crippen molar-refractivity contribution in [3.63, 3.8) is 0 Å². The van der Waals surface area contributed by atoms with Gasteiger partial charge in [0.2, 0.25) is 0 Å². The zero-order chi connectivity index (χ0) is 18.3. The van der Waals surface area contributed by atoms with Crippen molar-refractivity contribution in [1.29, 1.82) is 0 Å². The molecule has 8 nitrogen and oxygen atoms in total. The summed E-state index contributed by atoms with van der Waals surface area (Å²) < 4.78 is 1.63. The van der Waals surface area contributed by atoms with Crippen molar-refractivity contribution in [2.75, 3.05) is 0 Å². The molecule has 1 N–H and O–H groups in total. The molecular formula is C18H22N6O2. The molecule has 136 valence electrons. The molecule has 4 rings (SSSR count). The number of amides is 3. The molecule has 0 radical (unpaired) electrons. The average Bonchev–Trinajstić information content (AvgIpc) is 3.31. The maximum atomic E-state index is 13.1. The highest BCUT2D eigenvalue weighted by molar-refractivity contribution is 6.07. The Kier molecular flexibility index (Phi) is 3.97. The number of benzene rings is 1. The molecule has 3 amide bonds. The predicted octanol–water partition coefficient (Wildman–Crippen LogP) is 1.54. The maximum absolute atomic E-state index is 13.1. The second-order valence-electron chi connectivity index (χ2n) is 7.10. The number of carbonyl (C=O) groups is 2. The van der Waals surface area contributed by atoms with E-state index in [0.29, 0.717) is 12.4 Å². The molecule has 0 saturated carbocycles. The Labute approximate surface area is 151 Å². The number of hydrogen-bond acceptors (Lipinski definition) is 5. The lowest BCUT2D eigenvalue weighted by atomic mass is 9.89. The molecule has 2 aliphatic rings. The molecule has 0 bridgehead atoms. The third kappa shape index (κ3) is 2.56. The third-order valence-corrected chi connectivity index (χ3v) is 5.29. The van der Waals surface area contributed by atoms with Crippen LogP contribution in [0, 0.1) is 0 Å². The number of hydrogen-bond donors (Lipinski definition) is 1. The van der Waals surface area contributed by atoms with Gasteiger partial charge in [-0.3, -0.25) is 9.69 Å². The highest BCUT2D eigenvalue weighted by atomic mass is 16.2. The van der Waals surface area contributed by atoms with E-state index in [1.165, 1.54) is 16.0 Å². The van der Waals surface area contributed by atoms with Gasteiger partial charge in [0.1, 0.15) is 5.54 Å². The first kappa shape index (κ1) is 16.7. The van der Waals surface area contributed by atoms with E-state index in [-0.39, 0.29) is 12.5 Å². The monoisotopic (exact) mass is 354 g/mol. The van der Waals surface area contributed by atoms with E-state index in [0.717, 1.165) is 31.2 Å². The van der Waals surface area contributed by atoms with Crippen LogP contribution in [0.15, 0.2) is 18.2 Å². The molecular weight excluding hydrogens is 332 g/mol. The number of nitrogens with one attached hydrogen (secondary N) is 1. The first-order valence-corrected chi connectivity index (χ1v) is 9.04. The summed E-state index contributed by atoms with van der Waals surface area (Å²) in [7, 11) is 0. The van der Waals surface area contributed by atoms with Crippen LogP contribution in [0.3, 0.4) is 0 Å². The lowest BCUT2D eigenvalue weighted by Gasteiger charge is -2.23. The van der Waals surface area contributed by atoms with Gasteiger partial charge in [-0.2, -0.15) is 0 Å². The van der Waals surface area contributed by atoms with Crippen LogP contribution in [0.5, 0.6) is 0 Å². The van der Waals surface area contributed by atoms with Gasteiger partial charge in [-0.25, -0.2) is 9.48 Å². The Morgan fingerprint density at radius 3 is 2.85 bits per heavy atom. The summed E-state index contributed by atoms with van der Waals surface area (Å²) in [5.74, 6) is 0.236. The van der Waals surface area contributed by atoms with E-state index in [1.807, 2.05) is 13.0 Å². The quantitative estimate of drug-likeness (QED) is 0.822. The largest absolute Gasteiger partial charge is 0.325 e. The van der Waals surface area contributed by atoms with Gasteiger partial charge in [0.25, 0.3) is 5.91 Å². The maximum Gasteiger partial charge on any atom is 0.325 e. The SMILES string of the molecule is CCCn1nnnc1CN1C(=O)NC(C)(c2ccc3c(c2)CCC3)C1=O. The van der Waals surface area contributed by atoms with Gasteiger partial charge in [0.05, 0.1) is 6.54 Å². The molecule has 8 heteroatoms. The molecule has 2 heterocycles. The van der Waals surface area contributed by atoms with Crippen molar-refractivity contribution < 1.29 is 9.59 Å². The molecule has 0 spiro atoms. The van der Waals surface area contributed by atoms with Crippen LogP contribution in [0.2, 0.25) is 0 Å². The second-order valence-corrected chi connectivity index (χ2v) is 7.10. The first-order valence-electron chi connectivity index (χ1n) is 9.04. The zero-order valence-corrected chi connectivity index (χ0v) is 15.0. The van der Waals surface area contributed by atoms with E-state index in [9.17, 15) is 9.59 Å². The summed E-state index contributed by atoms with van der Waals surface area (Å²) in [5, 5.41) is 14.4. The summed E-state index contributed by atoms with van der Waals surface area (Å²) in [5.41, 5.74) is 2.38. The van der Waals surface area contributed by atoms with Crippen molar-refractivity contribution in [2.24, 2.45) is 0 Å². The Bertz CT molecular complexity index is 876. The van der Waals surface area contributed by atoms with Crippen molar-refractivity contribution in [2.45, 2.75) is 58.2 Å². The number of aryl methyl sites for hydroxylation is 3. The average molecular weight is 354 g/mol. The number of rotatable bonds is 5. The fourth-order valence-electron chi connectivity index (χ4n) is 3.78. The van der Waals surface area contributed by atoms with Crippen molar-refractivity contribution in [3.8, 4) is 0 Å². The van der Waals surface area contributed by atoms with E-state index in [4.69, 9.17) is 0 Å². The second kappa shape index (κ2) is 6.19. The third-order valence-electron chi connectivity index (χ3n) is 5.29. The van der Waals surface area contributed by atoms with Crippen LogP contribution in [-0.4, -0.2) is 37.0 Å². The summed E-state index contributed by atoms with van der Waals surface area (Å²) in [6.45, 7) is 4.50. The van der Waals surface area contributed by atoms with Gasteiger partial charge in [0.15, 0.2) is 5.82 Å². The van der Waals surface area contributed by atoms with Crippen LogP contribution >= 0.6 is 0 Å². The van der Waals surface area contributed by atoms with Crippen molar-refractivity contribution in [1.82, 2.24) is 30.4 Å². The number of urea groups is 1. The minimum Gasteiger partial charge on any atom is -0.319 e. The lowest BCUT2D eigenvalue weighted by molar-refractivity contribution is -0.131. The van der Waals surface area contributed by atoms with E-state index in [2.05, 4.69) is 33.0 Å². The normalized spacial score (nSPS) is 22.0. The van der Waals surface area contributed by atoms with Crippen LogP contribution in [0.4, 0.5) is 4.79 Å². The molecule has 1 saturated heterocycles. The number of fused-ring (bicyclic) bond motifs is 1. The van der Waals surface area contributed by atoms with Crippen LogP contribution in [0.1, 0.15) is 49.2 Å². The molecule has 1 aromatic carbocycles. The zero-order valence-electron chi connectivity index (χ0n) is 15.0. The van der Waals surface area contributed by atoms with E-state index >= 15 is 0 Å². The number of aromatic nitrogens is 4. The van der Waals surface area contributed by atoms with Gasteiger partial charge >= 0.3 is 6.03 Å². The standard InChI is InChI=1S/C18H22N6O2/c1-3-9-24-15(20-21-22-24)11-23-16(25)18(2,19-17(23)26)14-8-7-12-5-4-6-13(12)10-14/h7-8,10H,3-6,9,11H2,1-2H3,(H,19,26).